The minimum Gasteiger partial charge on any atom is -0.370 e. The molecular formula is C15H27N3O3. The van der Waals surface area contributed by atoms with Gasteiger partial charge in [-0.25, -0.2) is 0 Å². The summed E-state index contributed by atoms with van der Waals surface area (Å²) in [5, 5.41) is 0. The zero-order valence-electron chi connectivity index (χ0n) is 13.4. The van der Waals surface area contributed by atoms with E-state index < -0.39 is 0 Å². The first-order chi connectivity index (χ1) is 9.97. The normalized spacial score (nSPS) is 24.8. The van der Waals surface area contributed by atoms with E-state index >= 15 is 0 Å². The Hall–Kier alpha value is -1.14. The van der Waals surface area contributed by atoms with Gasteiger partial charge in [0.2, 0.25) is 11.8 Å². The summed E-state index contributed by atoms with van der Waals surface area (Å²) in [7, 11) is 2.10. The van der Waals surface area contributed by atoms with Crippen molar-refractivity contribution in [3.05, 3.63) is 0 Å². The smallest absolute Gasteiger partial charge is 0.249 e. The molecule has 6 nitrogen and oxygen atoms in total. The predicted molar refractivity (Wildman–Crippen MR) is 79.9 cm³/mol. The fourth-order valence-corrected chi connectivity index (χ4v) is 3.06. The molecule has 0 saturated carbocycles. The van der Waals surface area contributed by atoms with Crippen LogP contribution in [0.25, 0.3) is 0 Å². The van der Waals surface area contributed by atoms with Crippen LogP contribution in [0.1, 0.15) is 20.3 Å². The molecule has 2 fully saturated rings. The van der Waals surface area contributed by atoms with E-state index in [9.17, 15) is 9.59 Å². The molecule has 0 aromatic rings. The van der Waals surface area contributed by atoms with Crippen molar-refractivity contribution in [2.24, 2.45) is 5.92 Å². The molecule has 0 aromatic carbocycles. The number of likely N-dealkylation sites (N-methyl/N-ethyl adjacent to an activating group) is 1. The number of carbonyl (C=O) groups is 2. The number of nitrogens with zero attached hydrogens (tertiary/aromatic N) is 3. The van der Waals surface area contributed by atoms with Crippen LogP contribution in [0.2, 0.25) is 0 Å². The quantitative estimate of drug-likeness (QED) is 0.735. The van der Waals surface area contributed by atoms with Crippen LogP contribution in [0.4, 0.5) is 0 Å². The summed E-state index contributed by atoms with van der Waals surface area (Å²) in [4.78, 5) is 30.2. The van der Waals surface area contributed by atoms with E-state index in [1.54, 1.807) is 4.90 Å². The number of amides is 2. The van der Waals surface area contributed by atoms with Crippen LogP contribution in [-0.4, -0.2) is 85.5 Å². The molecule has 21 heavy (non-hydrogen) atoms. The fourth-order valence-electron chi connectivity index (χ4n) is 3.06. The largest absolute Gasteiger partial charge is 0.370 e. The lowest BCUT2D eigenvalue weighted by atomic mass is 10.00. The number of carbonyl (C=O) groups excluding carboxylic acids is 2. The molecule has 1 atom stereocenters. The lowest BCUT2D eigenvalue weighted by Gasteiger charge is -2.41. The second-order valence-corrected chi connectivity index (χ2v) is 6.50. The van der Waals surface area contributed by atoms with Gasteiger partial charge in [0.1, 0.15) is 6.61 Å². The van der Waals surface area contributed by atoms with Crippen LogP contribution in [-0.2, 0) is 14.3 Å². The van der Waals surface area contributed by atoms with E-state index in [2.05, 4.69) is 25.8 Å². The molecule has 0 N–H and O–H groups in total. The average Bonchev–Trinajstić information content (AvgIpc) is 2.40. The number of ether oxygens (including phenoxy) is 1. The van der Waals surface area contributed by atoms with Gasteiger partial charge < -0.3 is 19.4 Å². The van der Waals surface area contributed by atoms with Crippen molar-refractivity contribution in [2.45, 2.75) is 26.3 Å². The maximum absolute atomic E-state index is 12.6. The number of piperazine rings is 1. The molecule has 0 aromatic heterocycles. The van der Waals surface area contributed by atoms with E-state index in [1.165, 1.54) is 0 Å². The van der Waals surface area contributed by atoms with Gasteiger partial charge in [0.25, 0.3) is 0 Å². The van der Waals surface area contributed by atoms with E-state index in [4.69, 9.17) is 4.74 Å². The summed E-state index contributed by atoms with van der Waals surface area (Å²) < 4.78 is 5.10. The molecule has 6 heteroatoms. The third kappa shape index (κ3) is 4.41. The molecule has 0 bridgehead atoms. The Morgan fingerprint density at radius 3 is 2.76 bits per heavy atom. The number of morpholine rings is 1. The van der Waals surface area contributed by atoms with E-state index in [0.717, 1.165) is 26.1 Å². The standard InChI is InChI=1S/C15H27N3O3/c1-12(2)8-13-9-16(3)4-5-18(13)14(19)10-17-6-7-21-11-15(17)20/h12-13H,4-11H2,1-3H3. The Balaban J connectivity index is 1.96. The van der Waals surface area contributed by atoms with Gasteiger partial charge in [-0.2, -0.15) is 0 Å². The van der Waals surface area contributed by atoms with Crippen molar-refractivity contribution < 1.29 is 14.3 Å². The monoisotopic (exact) mass is 297 g/mol. The molecule has 2 saturated heterocycles. The van der Waals surface area contributed by atoms with E-state index in [-0.39, 0.29) is 31.0 Å². The molecule has 2 amide bonds. The molecule has 120 valence electrons. The molecule has 2 aliphatic heterocycles. The number of hydrogen-bond donors (Lipinski definition) is 0. The molecule has 1 unspecified atom stereocenters. The van der Waals surface area contributed by atoms with Gasteiger partial charge in [0.15, 0.2) is 0 Å². The highest BCUT2D eigenvalue weighted by Crippen LogP contribution is 2.17. The molecule has 0 radical (unpaired) electrons. The van der Waals surface area contributed by atoms with Crippen LogP contribution in [0.5, 0.6) is 0 Å². The Morgan fingerprint density at radius 1 is 1.33 bits per heavy atom. The molecule has 2 heterocycles. The summed E-state index contributed by atoms with van der Waals surface area (Å²) in [6, 6.07) is 0.257. The van der Waals surface area contributed by atoms with Crippen molar-refractivity contribution in [1.82, 2.24) is 14.7 Å². The topological polar surface area (TPSA) is 53.1 Å². The van der Waals surface area contributed by atoms with Crippen molar-refractivity contribution >= 4 is 11.8 Å². The SMILES string of the molecule is CC(C)CC1CN(C)CCN1C(=O)CN1CCOCC1=O. The van der Waals surface area contributed by atoms with Crippen molar-refractivity contribution in [2.75, 3.05) is 53.0 Å². The summed E-state index contributed by atoms with van der Waals surface area (Å²) in [6.07, 6.45) is 1.01. The van der Waals surface area contributed by atoms with Crippen molar-refractivity contribution in [3.8, 4) is 0 Å². The highest BCUT2D eigenvalue weighted by Gasteiger charge is 2.31. The fraction of sp³-hybridized carbons (Fsp3) is 0.867. The Kier molecular flexibility index (Phi) is 5.58. The Morgan fingerprint density at radius 2 is 2.10 bits per heavy atom. The van der Waals surface area contributed by atoms with Gasteiger partial charge in [-0.1, -0.05) is 13.8 Å². The zero-order valence-corrected chi connectivity index (χ0v) is 13.4. The molecular weight excluding hydrogens is 270 g/mol. The van der Waals surface area contributed by atoms with Crippen molar-refractivity contribution in [1.29, 1.82) is 0 Å². The minimum atomic E-state index is -0.0795. The third-order valence-electron chi connectivity index (χ3n) is 4.16. The highest BCUT2D eigenvalue weighted by molar-refractivity contribution is 5.86. The van der Waals surface area contributed by atoms with Gasteiger partial charge >= 0.3 is 0 Å². The van der Waals surface area contributed by atoms with Gasteiger partial charge in [-0.05, 0) is 19.4 Å². The van der Waals surface area contributed by atoms with Gasteiger partial charge in [0.05, 0.1) is 13.2 Å². The highest BCUT2D eigenvalue weighted by atomic mass is 16.5. The average molecular weight is 297 g/mol. The molecule has 0 aliphatic carbocycles. The maximum atomic E-state index is 12.6. The number of rotatable bonds is 4. The molecule has 2 rings (SSSR count). The van der Waals surface area contributed by atoms with Gasteiger partial charge in [-0.3, -0.25) is 9.59 Å². The summed E-state index contributed by atoms with van der Waals surface area (Å²) in [6.45, 7) is 8.28. The van der Waals surface area contributed by atoms with Crippen LogP contribution >= 0.6 is 0 Å². The second-order valence-electron chi connectivity index (χ2n) is 6.50. The lowest BCUT2D eigenvalue weighted by Crippen LogP contribution is -2.57. The molecule has 2 aliphatic rings. The summed E-state index contributed by atoms with van der Waals surface area (Å²) in [5.41, 5.74) is 0. The first-order valence-electron chi connectivity index (χ1n) is 7.81. The van der Waals surface area contributed by atoms with Crippen LogP contribution < -0.4 is 0 Å². The Labute approximate surface area is 127 Å². The maximum Gasteiger partial charge on any atom is 0.249 e. The predicted octanol–water partition coefficient (Wildman–Crippen LogP) is 0.0339. The summed E-state index contributed by atoms with van der Waals surface area (Å²) in [5.74, 6) is 0.551. The third-order valence-corrected chi connectivity index (χ3v) is 4.16. The lowest BCUT2D eigenvalue weighted by molar-refractivity contribution is -0.150. The summed E-state index contributed by atoms with van der Waals surface area (Å²) >= 11 is 0. The van der Waals surface area contributed by atoms with Gasteiger partial charge in [-0.15, -0.1) is 0 Å². The molecule has 0 spiro atoms. The van der Waals surface area contributed by atoms with E-state index in [0.29, 0.717) is 19.1 Å². The number of hydrogen-bond acceptors (Lipinski definition) is 4. The van der Waals surface area contributed by atoms with E-state index in [1.807, 2.05) is 4.90 Å². The first kappa shape index (κ1) is 16.2. The first-order valence-corrected chi connectivity index (χ1v) is 7.81. The van der Waals surface area contributed by atoms with Crippen LogP contribution in [0.15, 0.2) is 0 Å². The Bertz CT molecular complexity index is 384. The van der Waals surface area contributed by atoms with Crippen LogP contribution in [0, 0.1) is 5.92 Å². The van der Waals surface area contributed by atoms with Crippen LogP contribution in [0.3, 0.4) is 0 Å². The van der Waals surface area contributed by atoms with Crippen molar-refractivity contribution in [3.63, 3.8) is 0 Å². The second kappa shape index (κ2) is 7.22. The minimum absolute atomic E-state index is 0.0731. The zero-order chi connectivity index (χ0) is 15.4. The van der Waals surface area contributed by atoms with Gasteiger partial charge in [0, 0.05) is 32.2 Å².